The van der Waals surface area contributed by atoms with Crippen LogP contribution in [0.1, 0.15) is 0 Å². The van der Waals surface area contributed by atoms with Gasteiger partial charge in [-0.2, -0.15) is 0 Å². The Balaban J connectivity index is 1.38. The molecule has 202 valence electrons. The molecule has 8 rings (SSSR count). The Morgan fingerprint density at radius 1 is 0.395 bits per heavy atom. The van der Waals surface area contributed by atoms with Gasteiger partial charge in [-0.05, 0) is 32.8 Å². The summed E-state index contributed by atoms with van der Waals surface area (Å²) >= 11 is 0. The molecule has 7 aromatic rings. The summed E-state index contributed by atoms with van der Waals surface area (Å²) < 4.78 is 0. The van der Waals surface area contributed by atoms with Gasteiger partial charge < -0.3 is 0 Å². The van der Waals surface area contributed by atoms with Gasteiger partial charge >= 0.3 is 0 Å². The number of benzene rings is 5. The summed E-state index contributed by atoms with van der Waals surface area (Å²) in [4.78, 5) is 20.1. The summed E-state index contributed by atoms with van der Waals surface area (Å²) in [7, 11) is -2.73. The van der Waals surface area contributed by atoms with Gasteiger partial charge in [0.1, 0.15) is 0 Å². The molecule has 0 aliphatic carbocycles. The molecule has 0 bridgehead atoms. The minimum Gasteiger partial charge on any atom is -0.264 e. The van der Waals surface area contributed by atoms with Crippen LogP contribution in [0.4, 0.5) is 0 Å². The number of pyridine rings is 1. The number of fused-ring (bicyclic) bond motifs is 3. The van der Waals surface area contributed by atoms with Crippen molar-refractivity contribution in [1.29, 1.82) is 0 Å². The highest BCUT2D eigenvalue weighted by Gasteiger charge is 2.50. The van der Waals surface area contributed by atoms with E-state index in [1.807, 2.05) is 72.9 Å². The maximum absolute atomic E-state index is 5.11. The van der Waals surface area contributed by atoms with Crippen LogP contribution >= 0.6 is 0 Å². The first-order chi connectivity index (χ1) is 21.3. The molecule has 0 fully saturated rings. The zero-order valence-corrected chi connectivity index (χ0v) is 24.3. The van der Waals surface area contributed by atoms with Crippen LogP contribution in [0.2, 0.25) is 0 Å². The van der Waals surface area contributed by atoms with Gasteiger partial charge in [-0.15, -0.1) is 0 Å². The molecule has 0 N–H and O–H groups in total. The first-order valence-electron chi connectivity index (χ1n) is 14.4. The summed E-state index contributed by atoms with van der Waals surface area (Å²) in [5.74, 6) is 1.96. The van der Waals surface area contributed by atoms with Gasteiger partial charge in [-0.25, -0.2) is 15.0 Å². The Labute approximate surface area is 251 Å². The van der Waals surface area contributed by atoms with E-state index in [2.05, 4.69) is 84.9 Å². The number of hydrogen-bond donors (Lipinski definition) is 0. The number of rotatable bonds is 5. The van der Waals surface area contributed by atoms with Crippen molar-refractivity contribution in [2.75, 3.05) is 0 Å². The van der Waals surface area contributed by atoms with Gasteiger partial charge in [-0.1, -0.05) is 146 Å². The minimum atomic E-state index is -2.73. The summed E-state index contributed by atoms with van der Waals surface area (Å²) in [6.45, 7) is 0. The zero-order chi connectivity index (χ0) is 28.6. The Bertz CT molecular complexity index is 1980. The van der Waals surface area contributed by atoms with Crippen molar-refractivity contribution in [3.63, 3.8) is 0 Å². The number of hydrogen-bond acceptors (Lipinski definition) is 4. The fraction of sp³-hybridized carbons (Fsp3) is 0. The van der Waals surface area contributed by atoms with Crippen molar-refractivity contribution in [2.45, 2.75) is 0 Å². The van der Waals surface area contributed by atoms with Crippen molar-refractivity contribution in [3.8, 4) is 45.3 Å². The standard InChI is InChI=1S/C38H26N4Si/c1-4-14-27(15-5-1)35-40-36(28-16-6-2-7-17-28)42-37(41-35)29-18-12-21-31(26-29)43(30-19-8-3-9-20-30)34-24-11-10-22-32(34)33-23-13-25-39-38(33)43/h1-26H. The van der Waals surface area contributed by atoms with Crippen molar-refractivity contribution >= 4 is 29.0 Å². The van der Waals surface area contributed by atoms with Gasteiger partial charge in [0.2, 0.25) is 8.07 Å². The molecule has 0 spiro atoms. The Kier molecular flexibility index (Phi) is 6.09. The SMILES string of the molecule is c1ccc(-c2nc(-c3ccccc3)nc(-c3cccc([Si]4(c5ccccc5)c5ccccc5-c5cccnc54)c3)n2)cc1. The minimum absolute atomic E-state index is 0.652. The quantitative estimate of drug-likeness (QED) is 0.254. The lowest BCUT2D eigenvalue weighted by Gasteiger charge is -2.30. The molecule has 1 aliphatic rings. The molecule has 1 unspecified atom stereocenters. The van der Waals surface area contributed by atoms with Gasteiger partial charge in [0, 0.05) is 28.2 Å². The fourth-order valence-corrected chi connectivity index (χ4v) is 11.4. The maximum atomic E-state index is 5.11. The van der Waals surface area contributed by atoms with Crippen LogP contribution in [0.5, 0.6) is 0 Å². The summed E-state index contributed by atoms with van der Waals surface area (Å²) in [5, 5.41) is 5.09. The van der Waals surface area contributed by atoms with Gasteiger partial charge in [0.15, 0.2) is 17.5 Å². The second kappa shape index (κ2) is 10.4. The molecule has 5 aromatic carbocycles. The Morgan fingerprint density at radius 3 is 1.58 bits per heavy atom. The molecule has 4 nitrogen and oxygen atoms in total. The molecule has 0 saturated heterocycles. The Morgan fingerprint density at radius 2 is 0.907 bits per heavy atom. The summed E-state index contributed by atoms with van der Waals surface area (Å²) in [6.07, 6.45) is 1.93. The molecule has 1 atom stereocenters. The van der Waals surface area contributed by atoms with Crippen LogP contribution in [-0.2, 0) is 0 Å². The van der Waals surface area contributed by atoms with E-state index in [-0.39, 0.29) is 0 Å². The van der Waals surface area contributed by atoms with E-state index in [0.717, 1.165) is 16.7 Å². The lowest BCUT2D eigenvalue weighted by Crippen LogP contribution is -2.73. The van der Waals surface area contributed by atoms with E-state index in [9.17, 15) is 0 Å². The highest BCUT2D eigenvalue weighted by atomic mass is 28.3. The van der Waals surface area contributed by atoms with E-state index in [4.69, 9.17) is 19.9 Å². The summed E-state index contributed by atoms with van der Waals surface area (Å²) in [5.41, 5.74) is 5.36. The van der Waals surface area contributed by atoms with Gasteiger partial charge in [0.25, 0.3) is 0 Å². The first-order valence-corrected chi connectivity index (χ1v) is 16.4. The van der Waals surface area contributed by atoms with Crippen LogP contribution < -0.4 is 20.9 Å². The predicted octanol–water partition coefficient (Wildman–Crippen LogP) is 5.63. The highest BCUT2D eigenvalue weighted by Crippen LogP contribution is 2.29. The lowest BCUT2D eigenvalue weighted by atomic mass is 10.1. The molecular weight excluding hydrogens is 541 g/mol. The van der Waals surface area contributed by atoms with Crippen molar-refractivity contribution in [1.82, 2.24) is 19.9 Å². The van der Waals surface area contributed by atoms with Crippen LogP contribution in [0.25, 0.3) is 45.3 Å². The molecular formula is C38H26N4Si. The smallest absolute Gasteiger partial charge is 0.203 e. The van der Waals surface area contributed by atoms with E-state index >= 15 is 0 Å². The molecule has 5 heteroatoms. The average molecular weight is 567 g/mol. The topological polar surface area (TPSA) is 51.6 Å². The molecule has 2 aromatic heterocycles. The highest BCUT2D eigenvalue weighted by molar-refractivity contribution is 7.21. The molecule has 0 saturated carbocycles. The fourth-order valence-electron chi connectivity index (χ4n) is 6.36. The Hall–Kier alpha value is -5.52. The van der Waals surface area contributed by atoms with Crippen LogP contribution in [0.3, 0.4) is 0 Å². The normalized spacial score (nSPS) is 15.1. The van der Waals surface area contributed by atoms with Crippen molar-refractivity contribution < 1.29 is 0 Å². The van der Waals surface area contributed by atoms with Gasteiger partial charge in [-0.3, -0.25) is 4.98 Å². The zero-order valence-electron chi connectivity index (χ0n) is 23.3. The third kappa shape index (κ3) is 4.13. The van der Waals surface area contributed by atoms with Crippen LogP contribution in [0.15, 0.2) is 158 Å². The number of nitrogens with zero attached hydrogens (tertiary/aromatic N) is 4. The van der Waals surface area contributed by atoms with Crippen LogP contribution in [0, 0.1) is 0 Å². The van der Waals surface area contributed by atoms with Crippen molar-refractivity contribution in [2.24, 2.45) is 0 Å². The van der Waals surface area contributed by atoms with E-state index < -0.39 is 8.07 Å². The van der Waals surface area contributed by atoms with Gasteiger partial charge in [0.05, 0.1) is 0 Å². The molecule has 0 amide bonds. The molecule has 3 heterocycles. The van der Waals surface area contributed by atoms with E-state index in [0.29, 0.717) is 17.5 Å². The maximum Gasteiger partial charge on any atom is 0.203 e. The second-order valence-corrected chi connectivity index (χ2v) is 14.3. The summed E-state index contributed by atoms with van der Waals surface area (Å²) in [6, 6.07) is 53.0. The third-order valence-corrected chi connectivity index (χ3v) is 13.0. The number of aromatic nitrogens is 4. The molecule has 43 heavy (non-hydrogen) atoms. The molecule has 1 aliphatic heterocycles. The molecule has 0 radical (unpaired) electrons. The van der Waals surface area contributed by atoms with E-state index in [1.165, 1.54) is 32.0 Å². The average Bonchev–Trinajstić information content (AvgIpc) is 3.40. The predicted molar refractivity (Wildman–Crippen MR) is 177 cm³/mol. The van der Waals surface area contributed by atoms with Crippen LogP contribution in [-0.4, -0.2) is 28.0 Å². The van der Waals surface area contributed by atoms with E-state index in [1.54, 1.807) is 0 Å². The monoisotopic (exact) mass is 566 g/mol. The third-order valence-electron chi connectivity index (χ3n) is 8.24. The second-order valence-electron chi connectivity index (χ2n) is 10.7. The largest absolute Gasteiger partial charge is 0.264 e. The van der Waals surface area contributed by atoms with Crippen molar-refractivity contribution in [3.05, 3.63) is 158 Å². The lowest BCUT2D eigenvalue weighted by molar-refractivity contribution is 1.07. The first kappa shape index (κ1) is 25.2.